The number of rotatable bonds is 9. The van der Waals surface area contributed by atoms with Crippen LogP contribution in [0.1, 0.15) is 66.8 Å². The smallest absolute Gasteiger partial charge is 0.355 e. The van der Waals surface area contributed by atoms with Crippen LogP contribution in [-0.4, -0.2) is 48.9 Å². The third-order valence-electron chi connectivity index (χ3n) is 8.37. The lowest BCUT2D eigenvalue weighted by Gasteiger charge is -2.30. The highest BCUT2D eigenvalue weighted by molar-refractivity contribution is 5.92. The van der Waals surface area contributed by atoms with Crippen LogP contribution in [0.4, 0.5) is 13.2 Å². The van der Waals surface area contributed by atoms with Crippen molar-refractivity contribution in [3.05, 3.63) is 47.7 Å². The van der Waals surface area contributed by atoms with E-state index in [1.807, 2.05) is 13.1 Å². The molecular formula is C27H32F3N7O2. The van der Waals surface area contributed by atoms with Crippen LogP contribution in [0, 0.1) is 29.6 Å². The van der Waals surface area contributed by atoms with Crippen LogP contribution in [0.25, 0.3) is 5.65 Å². The SMILES string of the molecule is CCn1nccc1C(=O)N[C@H](c1cn2ncc(CC3C[C@H](C(F)(F)F)CNC3=O)cc2n1)C(C1CC1)C1CC1. The fraction of sp³-hybridized carbons (Fsp3) is 0.593. The zero-order valence-corrected chi connectivity index (χ0v) is 21.7. The van der Waals surface area contributed by atoms with E-state index in [4.69, 9.17) is 4.98 Å². The molecule has 1 saturated heterocycles. The summed E-state index contributed by atoms with van der Waals surface area (Å²) in [6.07, 6.45) is 5.13. The second kappa shape index (κ2) is 9.95. The predicted molar refractivity (Wildman–Crippen MR) is 134 cm³/mol. The van der Waals surface area contributed by atoms with Crippen molar-refractivity contribution in [1.82, 2.24) is 35.0 Å². The summed E-state index contributed by atoms with van der Waals surface area (Å²) in [6.45, 7) is 2.14. The minimum atomic E-state index is -4.35. The highest BCUT2D eigenvalue weighted by Gasteiger charge is 2.47. The van der Waals surface area contributed by atoms with Crippen molar-refractivity contribution in [3.63, 3.8) is 0 Å². The minimum Gasteiger partial charge on any atom is -0.355 e. The number of nitrogens with zero attached hydrogens (tertiary/aromatic N) is 5. The molecule has 3 atom stereocenters. The van der Waals surface area contributed by atoms with E-state index in [-0.39, 0.29) is 43.2 Å². The van der Waals surface area contributed by atoms with Crippen molar-refractivity contribution in [2.45, 2.75) is 64.2 Å². The molecule has 9 nitrogen and oxygen atoms in total. The van der Waals surface area contributed by atoms with E-state index >= 15 is 0 Å². The molecule has 2 N–H and O–H groups in total. The van der Waals surface area contributed by atoms with Gasteiger partial charge in [0.15, 0.2) is 5.65 Å². The quantitative estimate of drug-likeness (QED) is 0.428. The summed E-state index contributed by atoms with van der Waals surface area (Å²) in [5.74, 6) is -1.54. The Morgan fingerprint density at radius 2 is 1.95 bits per heavy atom. The van der Waals surface area contributed by atoms with Crippen molar-refractivity contribution in [1.29, 1.82) is 0 Å². The van der Waals surface area contributed by atoms with E-state index in [0.29, 0.717) is 41.0 Å². The number of fused-ring (bicyclic) bond motifs is 1. The molecule has 2 saturated carbocycles. The Morgan fingerprint density at radius 1 is 1.21 bits per heavy atom. The Kier molecular flexibility index (Phi) is 6.58. The number of imidazole rings is 1. The van der Waals surface area contributed by atoms with Crippen molar-refractivity contribution in [2.75, 3.05) is 6.54 Å². The summed E-state index contributed by atoms with van der Waals surface area (Å²) in [5.41, 5.74) is 2.40. The monoisotopic (exact) mass is 543 g/mol. The molecule has 1 unspecified atom stereocenters. The topological polar surface area (TPSA) is 106 Å². The maximum Gasteiger partial charge on any atom is 0.393 e. The molecule has 2 amide bonds. The minimum absolute atomic E-state index is 0.151. The Balaban J connectivity index is 1.26. The van der Waals surface area contributed by atoms with Crippen LogP contribution >= 0.6 is 0 Å². The molecule has 39 heavy (non-hydrogen) atoms. The molecule has 4 heterocycles. The molecule has 0 bridgehead atoms. The molecule has 3 fully saturated rings. The van der Waals surface area contributed by atoms with Crippen LogP contribution in [0.15, 0.2) is 30.7 Å². The largest absolute Gasteiger partial charge is 0.393 e. The molecule has 12 heteroatoms. The molecule has 0 spiro atoms. The maximum atomic E-state index is 13.3. The molecular weight excluding hydrogens is 511 g/mol. The molecule has 2 aliphatic carbocycles. The van der Waals surface area contributed by atoms with Crippen molar-refractivity contribution in [3.8, 4) is 0 Å². The van der Waals surface area contributed by atoms with E-state index < -0.39 is 18.0 Å². The van der Waals surface area contributed by atoms with Gasteiger partial charge in [0.1, 0.15) is 5.69 Å². The first-order chi connectivity index (χ1) is 18.7. The summed E-state index contributed by atoms with van der Waals surface area (Å²) < 4.78 is 43.1. The predicted octanol–water partition coefficient (Wildman–Crippen LogP) is 3.71. The van der Waals surface area contributed by atoms with Crippen LogP contribution in [0.5, 0.6) is 0 Å². The number of hydrogen-bond acceptors (Lipinski definition) is 5. The summed E-state index contributed by atoms with van der Waals surface area (Å²) in [5, 5.41) is 14.3. The van der Waals surface area contributed by atoms with Gasteiger partial charge in [-0.15, -0.1) is 0 Å². The fourth-order valence-corrected chi connectivity index (χ4v) is 6.06. The van der Waals surface area contributed by atoms with Gasteiger partial charge in [-0.25, -0.2) is 9.50 Å². The molecule has 3 aliphatic rings. The fourth-order valence-electron chi connectivity index (χ4n) is 6.06. The molecule has 1 aliphatic heterocycles. The van der Waals surface area contributed by atoms with E-state index in [9.17, 15) is 22.8 Å². The van der Waals surface area contributed by atoms with E-state index in [1.165, 1.54) is 0 Å². The Hall–Kier alpha value is -3.44. The van der Waals surface area contributed by atoms with Crippen molar-refractivity contribution >= 4 is 17.5 Å². The first-order valence-corrected chi connectivity index (χ1v) is 13.7. The third-order valence-corrected chi connectivity index (χ3v) is 8.37. The zero-order valence-electron chi connectivity index (χ0n) is 21.7. The van der Waals surface area contributed by atoms with Crippen LogP contribution in [0.3, 0.4) is 0 Å². The lowest BCUT2D eigenvalue weighted by atomic mass is 9.85. The number of piperidine rings is 1. The van der Waals surface area contributed by atoms with Gasteiger partial charge in [-0.2, -0.15) is 23.4 Å². The highest BCUT2D eigenvalue weighted by Crippen LogP contribution is 2.54. The normalized spacial score (nSPS) is 22.7. The van der Waals surface area contributed by atoms with E-state index in [1.54, 1.807) is 33.7 Å². The Bertz CT molecular complexity index is 1360. The molecule has 3 aromatic rings. The summed E-state index contributed by atoms with van der Waals surface area (Å²) in [6, 6.07) is 3.19. The zero-order chi connectivity index (χ0) is 27.3. The number of carbonyl (C=O) groups excluding carboxylic acids is 2. The van der Waals surface area contributed by atoms with Crippen LogP contribution in [0.2, 0.25) is 0 Å². The average molecular weight is 544 g/mol. The first-order valence-electron chi connectivity index (χ1n) is 13.7. The van der Waals surface area contributed by atoms with Gasteiger partial charge in [0.2, 0.25) is 5.91 Å². The van der Waals surface area contributed by atoms with E-state index in [0.717, 1.165) is 25.7 Å². The lowest BCUT2D eigenvalue weighted by Crippen LogP contribution is -2.47. The number of alkyl halides is 3. The number of aromatic nitrogens is 5. The molecule has 6 rings (SSSR count). The van der Waals surface area contributed by atoms with Gasteiger partial charge in [-0.05, 0) is 80.9 Å². The van der Waals surface area contributed by atoms with E-state index in [2.05, 4.69) is 20.8 Å². The van der Waals surface area contributed by atoms with Crippen molar-refractivity contribution < 1.29 is 22.8 Å². The molecule has 0 aromatic carbocycles. The van der Waals surface area contributed by atoms with Gasteiger partial charge in [-0.1, -0.05) is 0 Å². The van der Waals surface area contributed by atoms with Gasteiger partial charge in [0.25, 0.3) is 5.91 Å². The number of carbonyl (C=O) groups is 2. The van der Waals surface area contributed by atoms with Gasteiger partial charge in [-0.3, -0.25) is 14.3 Å². The molecule has 0 radical (unpaired) electrons. The third kappa shape index (κ3) is 5.38. The van der Waals surface area contributed by atoms with Crippen LogP contribution in [-0.2, 0) is 17.8 Å². The number of hydrogen-bond donors (Lipinski definition) is 2. The second-order valence-corrected chi connectivity index (χ2v) is 11.2. The Labute approximate surface area is 223 Å². The van der Waals surface area contributed by atoms with Gasteiger partial charge >= 0.3 is 6.18 Å². The Morgan fingerprint density at radius 3 is 2.62 bits per heavy atom. The lowest BCUT2D eigenvalue weighted by molar-refractivity contribution is -0.183. The number of amides is 2. The highest BCUT2D eigenvalue weighted by atomic mass is 19.4. The average Bonchev–Trinajstić information content (AvgIpc) is 3.83. The summed E-state index contributed by atoms with van der Waals surface area (Å²) in [7, 11) is 0. The standard InChI is InChI=1S/C27H32F3N7O2/c1-2-36-21(7-8-32-36)26(39)35-24(23(16-3-4-16)17-5-6-17)20-14-37-22(34-20)10-15(12-33-37)9-18-11-19(27(28,29)30)13-31-25(18)38/h7-8,10,12,14,16-19,23-24H,2-6,9,11,13H2,1H3,(H,31,38)(H,35,39)/t18?,19-,24+/m0/s1. The van der Waals surface area contributed by atoms with Gasteiger partial charge < -0.3 is 10.6 Å². The summed E-state index contributed by atoms with van der Waals surface area (Å²) >= 11 is 0. The number of aryl methyl sites for hydroxylation is 1. The number of nitrogens with one attached hydrogen (secondary N) is 2. The molecule has 3 aromatic heterocycles. The summed E-state index contributed by atoms with van der Waals surface area (Å²) in [4.78, 5) is 30.5. The van der Waals surface area contributed by atoms with Crippen LogP contribution < -0.4 is 10.6 Å². The molecule has 208 valence electrons. The van der Waals surface area contributed by atoms with Gasteiger partial charge in [0.05, 0.1) is 30.0 Å². The van der Waals surface area contributed by atoms with Gasteiger partial charge in [0, 0.05) is 25.2 Å². The van der Waals surface area contributed by atoms with Crippen molar-refractivity contribution in [2.24, 2.45) is 29.6 Å². The first kappa shape index (κ1) is 25.8. The maximum absolute atomic E-state index is 13.3. The number of halogens is 3. The second-order valence-electron chi connectivity index (χ2n) is 11.2.